The maximum atomic E-state index is 11.9. The van der Waals surface area contributed by atoms with Gasteiger partial charge in [0.1, 0.15) is 0 Å². The van der Waals surface area contributed by atoms with Crippen LogP contribution in [-0.4, -0.2) is 46.4 Å². The Kier molecular flexibility index (Phi) is 9.30. The van der Waals surface area contributed by atoms with Gasteiger partial charge in [-0.2, -0.15) is 0 Å². The summed E-state index contributed by atoms with van der Waals surface area (Å²) in [6.07, 6.45) is 1.74. The lowest BCUT2D eigenvalue weighted by molar-refractivity contribution is 0.520. The molecule has 0 aliphatic carbocycles. The summed E-state index contributed by atoms with van der Waals surface area (Å²) in [6, 6.07) is 6.77. The molecule has 0 radical (unpaired) electrons. The summed E-state index contributed by atoms with van der Waals surface area (Å²) in [6.45, 7) is 4.81. The number of hydrogen-bond acceptors (Lipinski definition) is 3. The highest BCUT2D eigenvalue weighted by atomic mass is 127. The van der Waals surface area contributed by atoms with E-state index in [0.717, 1.165) is 5.56 Å². The van der Waals surface area contributed by atoms with Gasteiger partial charge in [-0.25, -0.2) is 12.7 Å². The molecule has 0 aliphatic rings. The Morgan fingerprint density at radius 3 is 2.32 bits per heavy atom. The van der Waals surface area contributed by atoms with E-state index < -0.39 is 10.0 Å². The van der Waals surface area contributed by atoms with Crippen molar-refractivity contribution in [3.8, 4) is 0 Å². The predicted molar refractivity (Wildman–Crippen MR) is 101 cm³/mol. The third kappa shape index (κ3) is 5.93. The molecule has 0 amide bonds. The van der Waals surface area contributed by atoms with E-state index >= 15 is 0 Å². The SMILES string of the molecule is C=CCNC(=NC)NCc1ccc(S(=O)(=O)N(C)C)cc1.I. The maximum Gasteiger partial charge on any atom is 0.242 e. The molecule has 0 saturated carbocycles. The molecule has 2 N–H and O–H groups in total. The molecular formula is C14H23IN4O2S. The zero-order chi connectivity index (χ0) is 15.9. The van der Waals surface area contributed by atoms with Gasteiger partial charge in [0.15, 0.2) is 5.96 Å². The minimum atomic E-state index is -3.38. The van der Waals surface area contributed by atoms with Crippen molar-refractivity contribution >= 4 is 40.0 Å². The normalized spacial score (nSPS) is 11.7. The van der Waals surface area contributed by atoms with Crippen LogP contribution >= 0.6 is 24.0 Å². The topological polar surface area (TPSA) is 73.8 Å². The van der Waals surface area contributed by atoms with E-state index in [1.807, 2.05) is 0 Å². The Hall–Kier alpha value is -1.13. The molecule has 0 unspecified atom stereocenters. The van der Waals surface area contributed by atoms with Crippen LogP contribution in [0.3, 0.4) is 0 Å². The van der Waals surface area contributed by atoms with Crippen molar-refractivity contribution in [1.29, 1.82) is 0 Å². The van der Waals surface area contributed by atoms with Crippen molar-refractivity contribution in [3.05, 3.63) is 42.5 Å². The quantitative estimate of drug-likeness (QED) is 0.305. The lowest BCUT2D eigenvalue weighted by atomic mass is 10.2. The molecule has 124 valence electrons. The van der Waals surface area contributed by atoms with E-state index in [0.29, 0.717) is 19.0 Å². The lowest BCUT2D eigenvalue weighted by Crippen LogP contribution is -2.36. The van der Waals surface area contributed by atoms with Crippen LogP contribution < -0.4 is 10.6 Å². The van der Waals surface area contributed by atoms with Crippen LogP contribution in [0.1, 0.15) is 5.56 Å². The Labute approximate surface area is 149 Å². The first-order valence-corrected chi connectivity index (χ1v) is 7.92. The largest absolute Gasteiger partial charge is 0.353 e. The molecule has 0 bridgehead atoms. The number of benzene rings is 1. The smallest absolute Gasteiger partial charge is 0.242 e. The minimum Gasteiger partial charge on any atom is -0.353 e. The standard InChI is InChI=1S/C14H22N4O2S.HI/c1-5-10-16-14(15-2)17-11-12-6-8-13(9-7-12)21(19,20)18(3)4;/h5-9H,1,10-11H2,2-4H3,(H2,15,16,17);1H. The zero-order valence-electron chi connectivity index (χ0n) is 13.0. The molecule has 0 heterocycles. The van der Waals surface area contributed by atoms with E-state index in [1.165, 1.54) is 18.4 Å². The van der Waals surface area contributed by atoms with Gasteiger partial charge in [-0.05, 0) is 17.7 Å². The number of hydrogen-bond donors (Lipinski definition) is 2. The Morgan fingerprint density at radius 1 is 1.27 bits per heavy atom. The van der Waals surface area contributed by atoms with Crippen molar-refractivity contribution in [2.24, 2.45) is 4.99 Å². The highest BCUT2D eigenvalue weighted by Crippen LogP contribution is 2.13. The second-order valence-electron chi connectivity index (χ2n) is 4.53. The van der Waals surface area contributed by atoms with Crippen LogP contribution in [0.5, 0.6) is 0 Å². The van der Waals surface area contributed by atoms with Gasteiger partial charge < -0.3 is 10.6 Å². The van der Waals surface area contributed by atoms with Crippen LogP contribution in [0.15, 0.2) is 46.8 Å². The Balaban J connectivity index is 0.00000441. The van der Waals surface area contributed by atoms with Gasteiger partial charge in [-0.1, -0.05) is 18.2 Å². The van der Waals surface area contributed by atoms with Gasteiger partial charge in [0.05, 0.1) is 4.90 Å². The molecule has 0 saturated heterocycles. The summed E-state index contributed by atoms with van der Waals surface area (Å²) < 4.78 is 25.1. The number of sulfonamides is 1. The molecule has 0 spiro atoms. The monoisotopic (exact) mass is 438 g/mol. The molecule has 1 aromatic carbocycles. The van der Waals surface area contributed by atoms with Gasteiger partial charge in [-0.15, -0.1) is 30.6 Å². The minimum absolute atomic E-state index is 0. The van der Waals surface area contributed by atoms with Crippen molar-refractivity contribution in [1.82, 2.24) is 14.9 Å². The Morgan fingerprint density at radius 2 is 1.86 bits per heavy atom. The van der Waals surface area contributed by atoms with Crippen molar-refractivity contribution in [2.75, 3.05) is 27.7 Å². The van der Waals surface area contributed by atoms with Crippen molar-refractivity contribution < 1.29 is 8.42 Å². The van der Waals surface area contributed by atoms with Gasteiger partial charge in [0.25, 0.3) is 0 Å². The van der Waals surface area contributed by atoms with E-state index in [-0.39, 0.29) is 28.9 Å². The molecule has 6 nitrogen and oxygen atoms in total. The van der Waals surface area contributed by atoms with Gasteiger partial charge in [0, 0.05) is 34.2 Å². The highest BCUT2D eigenvalue weighted by Gasteiger charge is 2.16. The van der Waals surface area contributed by atoms with Gasteiger partial charge in [0.2, 0.25) is 10.0 Å². The summed E-state index contributed by atoms with van der Waals surface area (Å²) in [4.78, 5) is 4.35. The van der Waals surface area contributed by atoms with Crippen LogP contribution in [0.2, 0.25) is 0 Å². The third-order valence-corrected chi connectivity index (χ3v) is 4.63. The van der Waals surface area contributed by atoms with Crippen LogP contribution in [0.4, 0.5) is 0 Å². The number of nitrogens with zero attached hydrogens (tertiary/aromatic N) is 2. The fourth-order valence-electron chi connectivity index (χ4n) is 1.57. The number of aliphatic imine (C=N–C) groups is 1. The van der Waals surface area contributed by atoms with Crippen LogP contribution in [0, 0.1) is 0 Å². The first kappa shape index (κ1) is 20.9. The molecule has 1 aromatic rings. The van der Waals surface area contributed by atoms with Crippen LogP contribution in [-0.2, 0) is 16.6 Å². The molecule has 22 heavy (non-hydrogen) atoms. The molecule has 0 fully saturated rings. The molecule has 0 aliphatic heterocycles. The molecular weight excluding hydrogens is 415 g/mol. The maximum absolute atomic E-state index is 11.9. The average Bonchev–Trinajstić information content (AvgIpc) is 2.47. The molecule has 0 aromatic heterocycles. The van der Waals surface area contributed by atoms with Crippen LogP contribution in [0.25, 0.3) is 0 Å². The number of nitrogens with one attached hydrogen (secondary N) is 2. The fourth-order valence-corrected chi connectivity index (χ4v) is 2.47. The third-order valence-electron chi connectivity index (χ3n) is 2.80. The molecule has 0 atom stereocenters. The van der Waals surface area contributed by atoms with Crippen molar-refractivity contribution in [2.45, 2.75) is 11.4 Å². The Bertz CT molecular complexity index is 598. The lowest BCUT2D eigenvalue weighted by Gasteiger charge is -2.13. The highest BCUT2D eigenvalue weighted by molar-refractivity contribution is 14.0. The first-order chi connectivity index (χ1) is 9.91. The number of halogens is 1. The summed E-state index contributed by atoms with van der Waals surface area (Å²) in [5, 5.41) is 6.19. The average molecular weight is 438 g/mol. The first-order valence-electron chi connectivity index (χ1n) is 6.48. The van der Waals surface area contributed by atoms with Gasteiger partial charge >= 0.3 is 0 Å². The summed E-state index contributed by atoms with van der Waals surface area (Å²) in [7, 11) is 1.34. The van der Waals surface area contributed by atoms with E-state index in [9.17, 15) is 8.42 Å². The predicted octanol–water partition coefficient (Wildman–Crippen LogP) is 1.41. The number of guanidine groups is 1. The second kappa shape index (κ2) is 9.80. The van der Waals surface area contributed by atoms with E-state index in [2.05, 4.69) is 22.2 Å². The van der Waals surface area contributed by atoms with Gasteiger partial charge in [-0.3, -0.25) is 4.99 Å². The second-order valence-corrected chi connectivity index (χ2v) is 6.68. The molecule has 1 rings (SSSR count). The molecule has 8 heteroatoms. The van der Waals surface area contributed by atoms with Crippen molar-refractivity contribution in [3.63, 3.8) is 0 Å². The van der Waals surface area contributed by atoms with E-state index in [1.54, 1.807) is 37.4 Å². The van der Waals surface area contributed by atoms with E-state index in [4.69, 9.17) is 0 Å². The number of rotatable bonds is 6. The summed E-state index contributed by atoms with van der Waals surface area (Å²) in [5.74, 6) is 0.667. The fraction of sp³-hybridized carbons (Fsp3) is 0.357. The zero-order valence-corrected chi connectivity index (χ0v) is 16.2. The summed E-state index contributed by atoms with van der Waals surface area (Å²) >= 11 is 0. The summed E-state index contributed by atoms with van der Waals surface area (Å²) in [5.41, 5.74) is 0.967.